The van der Waals surface area contributed by atoms with Crippen molar-refractivity contribution in [3.63, 3.8) is 0 Å². The lowest BCUT2D eigenvalue weighted by atomic mass is 9.67. The highest BCUT2D eigenvalue weighted by Gasteiger charge is 2.46. The first kappa shape index (κ1) is 30.8. The Kier molecular flexibility index (Phi) is 7.36. The molecule has 9 aromatic rings. The Morgan fingerprint density at radius 3 is 1.40 bits per heavy atom. The van der Waals surface area contributed by atoms with E-state index in [-0.39, 0.29) is 0 Å². The quantitative estimate of drug-likeness (QED) is 0.176. The summed E-state index contributed by atoms with van der Waals surface area (Å²) in [5.74, 6) is 1.94. The van der Waals surface area contributed by atoms with Gasteiger partial charge in [0.15, 0.2) is 17.5 Å². The number of rotatable bonds is 6. The average Bonchev–Trinajstić information content (AvgIpc) is 3.56. The Bertz CT molecular complexity index is 2700. The van der Waals surface area contributed by atoms with Gasteiger partial charge in [-0.3, -0.25) is 0 Å². The first-order valence-electron chi connectivity index (χ1n) is 18.0. The lowest BCUT2D eigenvalue weighted by molar-refractivity contribution is 0.769. The minimum atomic E-state index is -0.439. The molecule has 53 heavy (non-hydrogen) atoms. The largest absolute Gasteiger partial charge is 0.208 e. The zero-order valence-corrected chi connectivity index (χ0v) is 28.9. The third-order valence-corrected chi connectivity index (χ3v) is 10.6. The van der Waals surface area contributed by atoms with E-state index in [1.807, 2.05) is 36.4 Å². The zero-order chi connectivity index (χ0) is 35.2. The van der Waals surface area contributed by atoms with Crippen LogP contribution in [0.25, 0.3) is 67.2 Å². The number of benzene rings is 8. The Balaban J connectivity index is 1.14. The van der Waals surface area contributed by atoms with Gasteiger partial charge in [0, 0.05) is 16.7 Å². The smallest absolute Gasteiger partial charge is 0.164 e. The number of aromatic nitrogens is 3. The Morgan fingerprint density at radius 2 is 0.774 bits per heavy atom. The molecule has 0 bridgehead atoms. The van der Waals surface area contributed by atoms with E-state index in [1.165, 1.54) is 44.3 Å². The van der Waals surface area contributed by atoms with Gasteiger partial charge >= 0.3 is 0 Å². The number of hydrogen-bond donors (Lipinski definition) is 0. The van der Waals surface area contributed by atoms with Crippen LogP contribution in [-0.4, -0.2) is 15.0 Å². The van der Waals surface area contributed by atoms with Crippen LogP contribution < -0.4 is 0 Å². The van der Waals surface area contributed by atoms with E-state index >= 15 is 0 Å². The molecule has 0 atom stereocenters. The zero-order valence-electron chi connectivity index (χ0n) is 28.9. The molecule has 0 amide bonds. The van der Waals surface area contributed by atoms with Crippen molar-refractivity contribution < 1.29 is 0 Å². The summed E-state index contributed by atoms with van der Waals surface area (Å²) in [5, 5.41) is 2.35. The van der Waals surface area contributed by atoms with Crippen LogP contribution in [0.4, 0.5) is 0 Å². The van der Waals surface area contributed by atoms with Crippen molar-refractivity contribution in [3.8, 4) is 56.4 Å². The predicted molar refractivity (Wildman–Crippen MR) is 216 cm³/mol. The van der Waals surface area contributed by atoms with Crippen LogP contribution in [0.15, 0.2) is 200 Å². The summed E-state index contributed by atoms with van der Waals surface area (Å²) in [7, 11) is 0. The summed E-state index contributed by atoms with van der Waals surface area (Å²) in [6.07, 6.45) is 0. The van der Waals surface area contributed by atoms with Gasteiger partial charge in [-0.2, -0.15) is 0 Å². The van der Waals surface area contributed by atoms with Crippen molar-refractivity contribution in [2.24, 2.45) is 0 Å². The van der Waals surface area contributed by atoms with Gasteiger partial charge in [-0.05, 0) is 61.3 Å². The van der Waals surface area contributed by atoms with Gasteiger partial charge in [0.05, 0.1) is 5.41 Å². The fraction of sp³-hybridized carbons (Fsp3) is 0.0200. The normalized spacial score (nSPS) is 12.7. The maximum atomic E-state index is 5.10. The van der Waals surface area contributed by atoms with E-state index in [4.69, 9.17) is 15.0 Å². The summed E-state index contributed by atoms with van der Waals surface area (Å²) in [5.41, 5.74) is 12.4. The van der Waals surface area contributed by atoms with E-state index in [0.29, 0.717) is 17.5 Å². The maximum absolute atomic E-state index is 5.10. The lowest BCUT2D eigenvalue weighted by Crippen LogP contribution is -2.28. The molecule has 1 aliphatic rings. The summed E-state index contributed by atoms with van der Waals surface area (Å²) >= 11 is 0. The highest BCUT2D eigenvalue weighted by Crippen LogP contribution is 2.57. The van der Waals surface area contributed by atoms with Crippen LogP contribution >= 0.6 is 0 Å². The molecule has 0 N–H and O–H groups in total. The molecule has 1 aromatic heterocycles. The highest BCUT2D eigenvalue weighted by molar-refractivity contribution is 6.05. The molecule has 0 radical (unpaired) electrons. The van der Waals surface area contributed by atoms with Crippen LogP contribution in [-0.2, 0) is 5.41 Å². The molecule has 0 spiro atoms. The Labute approximate surface area is 309 Å². The second-order valence-corrected chi connectivity index (χ2v) is 13.6. The van der Waals surface area contributed by atoms with Gasteiger partial charge in [0.2, 0.25) is 0 Å². The van der Waals surface area contributed by atoms with Crippen molar-refractivity contribution >= 4 is 10.8 Å². The van der Waals surface area contributed by atoms with Crippen molar-refractivity contribution in [1.82, 2.24) is 15.0 Å². The maximum Gasteiger partial charge on any atom is 0.164 e. The van der Waals surface area contributed by atoms with Gasteiger partial charge in [-0.1, -0.05) is 194 Å². The first-order chi connectivity index (χ1) is 26.3. The molecule has 0 aliphatic heterocycles. The summed E-state index contributed by atoms with van der Waals surface area (Å²) in [6.45, 7) is 0. The summed E-state index contributed by atoms with van der Waals surface area (Å²) < 4.78 is 0. The van der Waals surface area contributed by atoms with Crippen LogP contribution in [0.3, 0.4) is 0 Å². The molecular formula is C50H33N3. The minimum Gasteiger partial charge on any atom is -0.208 e. The Morgan fingerprint density at radius 1 is 0.321 bits per heavy atom. The van der Waals surface area contributed by atoms with E-state index in [0.717, 1.165) is 27.6 Å². The van der Waals surface area contributed by atoms with Gasteiger partial charge in [-0.15, -0.1) is 0 Å². The van der Waals surface area contributed by atoms with Gasteiger partial charge in [0.1, 0.15) is 0 Å². The molecule has 3 nitrogen and oxygen atoms in total. The van der Waals surface area contributed by atoms with Crippen LogP contribution in [0, 0.1) is 0 Å². The average molecular weight is 676 g/mol. The van der Waals surface area contributed by atoms with Crippen molar-refractivity contribution in [2.45, 2.75) is 5.41 Å². The van der Waals surface area contributed by atoms with Crippen molar-refractivity contribution in [2.75, 3.05) is 0 Å². The molecule has 8 aromatic carbocycles. The molecule has 1 aliphatic carbocycles. The van der Waals surface area contributed by atoms with E-state index < -0.39 is 5.41 Å². The number of nitrogens with zero attached hydrogens (tertiary/aromatic N) is 3. The molecular weight excluding hydrogens is 643 g/mol. The van der Waals surface area contributed by atoms with E-state index in [1.54, 1.807) is 0 Å². The standard InChI is InChI=1S/C50H33N3/c1-5-15-34(16-6-1)35-25-27-37(28-26-35)48-51-47(36-17-7-2-8-18-36)52-49(53-48)39-29-31-42-38(33-39)30-32-45-46(42)43-23-13-14-24-44(43)50(45,40-19-9-3-10-20-40)41-21-11-4-12-22-41/h1-33H. The van der Waals surface area contributed by atoms with Gasteiger partial charge < -0.3 is 0 Å². The fourth-order valence-corrected chi connectivity index (χ4v) is 8.20. The third kappa shape index (κ3) is 5.09. The predicted octanol–water partition coefficient (Wildman–Crippen LogP) is 12.1. The van der Waals surface area contributed by atoms with E-state index in [2.05, 4.69) is 164 Å². The number of hydrogen-bond acceptors (Lipinski definition) is 3. The van der Waals surface area contributed by atoms with Crippen LogP contribution in [0.5, 0.6) is 0 Å². The van der Waals surface area contributed by atoms with Crippen LogP contribution in [0.1, 0.15) is 22.3 Å². The second-order valence-electron chi connectivity index (χ2n) is 13.6. The molecule has 248 valence electrons. The van der Waals surface area contributed by atoms with Crippen molar-refractivity contribution in [1.29, 1.82) is 0 Å². The molecule has 0 fully saturated rings. The topological polar surface area (TPSA) is 38.7 Å². The van der Waals surface area contributed by atoms with E-state index in [9.17, 15) is 0 Å². The molecule has 0 saturated carbocycles. The monoisotopic (exact) mass is 675 g/mol. The Hall–Kier alpha value is -6.97. The van der Waals surface area contributed by atoms with Gasteiger partial charge in [-0.25, -0.2) is 15.0 Å². The lowest BCUT2D eigenvalue weighted by Gasteiger charge is -2.33. The molecule has 0 unspecified atom stereocenters. The highest BCUT2D eigenvalue weighted by atomic mass is 15.0. The van der Waals surface area contributed by atoms with Gasteiger partial charge in [0.25, 0.3) is 0 Å². The van der Waals surface area contributed by atoms with Crippen LogP contribution in [0.2, 0.25) is 0 Å². The molecule has 3 heteroatoms. The fourth-order valence-electron chi connectivity index (χ4n) is 8.20. The second kappa shape index (κ2) is 12.7. The molecule has 1 heterocycles. The third-order valence-electron chi connectivity index (χ3n) is 10.6. The minimum absolute atomic E-state index is 0.439. The molecule has 10 rings (SSSR count). The number of fused-ring (bicyclic) bond motifs is 5. The summed E-state index contributed by atoms with van der Waals surface area (Å²) in [4.78, 5) is 15.1. The van der Waals surface area contributed by atoms with Crippen molar-refractivity contribution in [3.05, 3.63) is 222 Å². The first-order valence-corrected chi connectivity index (χ1v) is 18.0. The molecule has 0 saturated heterocycles. The SMILES string of the molecule is c1ccc(-c2ccc(-c3nc(-c4ccccc4)nc(-c4ccc5c6c(ccc5c4)C(c4ccccc4)(c4ccccc4)c4ccccc4-6)n3)cc2)cc1. The summed E-state index contributed by atoms with van der Waals surface area (Å²) in [6, 6.07) is 71.1.